The fourth-order valence-electron chi connectivity index (χ4n) is 3.16. The van der Waals surface area contributed by atoms with Crippen LogP contribution in [0, 0.1) is 11.3 Å². The number of likely N-dealkylation sites (tertiary alicyclic amines) is 1. The number of nitrogens with zero attached hydrogens (tertiary/aromatic N) is 3. The van der Waals surface area contributed by atoms with Crippen LogP contribution in [0.15, 0.2) is 72.9 Å². The van der Waals surface area contributed by atoms with E-state index in [1.165, 1.54) is 0 Å². The molecule has 4 rings (SSSR count). The van der Waals surface area contributed by atoms with E-state index in [2.05, 4.69) is 23.2 Å². The average molecular weight is 369 g/mol. The van der Waals surface area contributed by atoms with Crippen LogP contribution >= 0.6 is 0 Å². The number of carbonyl (C=O) groups excluding carboxylic acids is 1. The maximum absolute atomic E-state index is 12.5. The molecule has 3 aromatic rings. The largest absolute Gasteiger partial charge is 0.471 e. The number of ether oxygens (including phenoxy) is 1. The minimum absolute atomic E-state index is 0.0779. The quantitative estimate of drug-likeness (QED) is 0.691. The van der Waals surface area contributed by atoms with E-state index in [1.807, 2.05) is 42.5 Å². The summed E-state index contributed by atoms with van der Waals surface area (Å²) < 4.78 is 5.73. The molecule has 0 aliphatic carbocycles. The first kappa shape index (κ1) is 17.7. The molecule has 28 heavy (non-hydrogen) atoms. The summed E-state index contributed by atoms with van der Waals surface area (Å²) in [5.41, 5.74) is 3.81. The highest BCUT2D eigenvalue weighted by molar-refractivity contribution is 5.80. The van der Waals surface area contributed by atoms with E-state index in [0.29, 0.717) is 31.0 Å². The first-order chi connectivity index (χ1) is 13.7. The SMILES string of the molecule is N#Cc1ccnc(OC2CN(C(=O)Cc3ccc(-c4ccccc4)cc3)C2)c1. The Balaban J connectivity index is 1.29. The van der Waals surface area contributed by atoms with Crippen LogP contribution in [-0.4, -0.2) is 35.0 Å². The maximum Gasteiger partial charge on any atom is 0.227 e. The molecule has 0 bridgehead atoms. The van der Waals surface area contributed by atoms with Crippen LogP contribution in [0.3, 0.4) is 0 Å². The molecule has 1 aliphatic rings. The molecule has 1 amide bonds. The van der Waals surface area contributed by atoms with Gasteiger partial charge in [0.05, 0.1) is 31.1 Å². The van der Waals surface area contributed by atoms with E-state index in [0.717, 1.165) is 16.7 Å². The average Bonchev–Trinajstić information content (AvgIpc) is 2.71. The highest BCUT2D eigenvalue weighted by atomic mass is 16.5. The van der Waals surface area contributed by atoms with Crippen molar-refractivity contribution in [2.75, 3.05) is 13.1 Å². The molecule has 0 spiro atoms. The van der Waals surface area contributed by atoms with Crippen molar-refractivity contribution in [1.82, 2.24) is 9.88 Å². The lowest BCUT2D eigenvalue weighted by atomic mass is 10.0. The van der Waals surface area contributed by atoms with Crippen molar-refractivity contribution in [2.45, 2.75) is 12.5 Å². The molecule has 0 N–H and O–H groups in total. The fourth-order valence-corrected chi connectivity index (χ4v) is 3.16. The van der Waals surface area contributed by atoms with Gasteiger partial charge in [-0.2, -0.15) is 5.26 Å². The van der Waals surface area contributed by atoms with Crippen molar-refractivity contribution >= 4 is 5.91 Å². The summed E-state index contributed by atoms with van der Waals surface area (Å²) in [6, 6.07) is 23.6. The minimum Gasteiger partial charge on any atom is -0.471 e. The second-order valence-corrected chi connectivity index (χ2v) is 6.77. The summed E-state index contributed by atoms with van der Waals surface area (Å²) in [5, 5.41) is 8.92. The minimum atomic E-state index is -0.0779. The number of carbonyl (C=O) groups is 1. The van der Waals surface area contributed by atoms with Crippen LogP contribution < -0.4 is 4.74 Å². The smallest absolute Gasteiger partial charge is 0.227 e. The Morgan fingerprint density at radius 3 is 2.50 bits per heavy atom. The number of benzene rings is 2. The third kappa shape index (κ3) is 4.02. The van der Waals surface area contributed by atoms with Gasteiger partial charge in [0.2, 0.25) is 11.8 Å². The van der Waals surface area contributed by atoms with Gasteiger partial charge in [-0.15, -0.1) is 0 Å². The summed E-state index contributed by atoms with van der Waals surface area (Å²) >= 11 is 0. The van der Waals surface area contributed by atoms with Gasteiger partial charge < -0.3 is 9.64 Å². The Bertz CT molecular complexity index is 1000. The number of nitriles is 1. The number of amides is 1. The molecule has 138 valence electrons. The van der Waals surface area contributed by atoms with Gasteiger partial charge in [0, 0.05) is 12.3 Å². The molecule has 1 aromatic heterocycles. The highest BCUT2D eigenvalue weighted by Gasteiger charge is 2.32. The zero-order valence-corrected chi connectivity index (χ0v) is 15.3. The van der Waals surface area contributed by atoms with Crippen molar-refractivity contribution in [3.63, 3.8) is 0 Å². The molecule has 5 heteroatoms. The van der Waals surface area contributed by atoms with E-state index in [-0.39, 0.29) is 12.0 Å². The topological polar surface area (TPSA) is 66.2 Å². The highest BCUT2D eigenvalue weighted by Crippen LogP contribution is 2.21. The van der Waals surface area contributed by atoms with Crippen LogP contribution in [0.25, 0.3) is 11.1 Å². The Morgan fingerprint density at radius 2 is 1.79 bits per heavy atom. The third-order valence-corrected chi connectivity index (χ3v) is 4.77. The van der Waals surface area contributed by atoms with Crippen molar-refractivity contribution in [2.24, 2.45) is 0 Å². The Labute approximate surface area is 163 Å². The Kier molecular flexibility index (Phi) is 5.03. The van der Waals surface area contributed by atoms with Crippen molar-refractivity contribution in [1.29, 1.82) is 5.26 Å². The van der Waals surface area contributed by atoms with E-state index in [4.69, 9.17) is 10.00 Å². The van der Waals surface area contributed by atoms with Gasteiger partial charge in [-0.1, -0.05) is 54.6 Å². The predicted octanol–water partition coefficient (Wildman–Crippen LogP) is 3.45. The number of hydrogen-bond donors (Lipinski definition) is 0. The fraction of sp³-hybridized carbons (Fsp3) is 0.174. The van der Waals surface area contributed by atoms with E-state index in [9.17, 15) is 4.79 Å². The van der Waals surface area contributed by atoms with Crippen molar-refractivity contribution < 1.29 is 9.53 Å². The second-order valence-electron chi connectivity index (χ2n) is 6.77. The molecule has 1 aliphatic heterocycles. The Morgan fingerprint density at radius 1 is 1.07 bits per heavy atom. The predicted molar refractivity (Wildman–Crippen MR) is 106 cm³/mol. The molecule has 0 radical (unpaired) electrons. The lowest BCUT2D eigenvalue weighted by Gasteiger charge is -2.38. The summed E-state index contributed by atoms with van der Waals surface area (Å²) in [5.74, 6) is 0.513. The molecule has 1 fully saturated rings. The van der Waals surface area contributed by atoms with E-state index < -0.39 is 0 Å². The van der Waals surface area contributed by atoms with Crippen LogP contribution in [0.1, 0.15) is 11.1 Å². The number of hydrogen-bond acceptors (Lipinski definition) is 4. The van der Waals surface area contributed by atoms with Gasteiger partial charge in [0.15, 0.2) is 0 Å². The van der Waals surface area contributed by atoms with Crippen molar-refractivity contribution in [3.05, 3.63) is 84.1 Å². The lowest BCUT2D eigenvalue weighted by molar-refractivity contribution is -0.139. The van der Waals surface area contributed by atoms with Crippen LogP contribution in [0.4, 0.5) is 0 Å². The molecule has 0 atom stereocenters. The van der Waals surface area contributed by atoms with Crippen molar-refractivity contribution in [3.8, 4) is 23.1 Å². The first-order valence-electron chi connectivity index (χ1n) is 9.16. The Hall–Kier alpha value is -3.65. The van der Waals surface area contributed by atoms with Gasteiger partial charge in [0.25, 0.3) is 0 Å². The molecule has 0 unspecified atom stereocenters. The molecule has 2 aromatic carbocycles. The third-order valence-electron chi connectivity index (χ3n) is 4.77. The van der Waals surface area contributed by atoms with E-state index in [1.54, 1.807) is 23.2 Å². The van der Waals surface area contributed by atoms with Crippen LogP contribution in [0.5, 0.6) is 5.88 Å². The van der Waals surface area contributed by atoms with Gasteiger partial charge in [-0.3, -0.25) is 4.79 Å². The summed E-state index contributed by atoms with van der Waals surface area (Å²) in [6.45, 7) is 1.08. The van der Waals surface area contributed by atoms with Gasteiger partial charge in [-0.05, 0) is 22.8 Å². The van der Waals surface area contributed by atoms with Gasteiger partial charge >= 0.3 is 0 Å². The molecular formula is C23H19N3O2. The van der Waals surface area contributed by atoms with Gasteiger partial charge in [-0.25, -0.2) is 4.98 Å². The molecule has 1 saturated heterocycles. The normalized spacial score (nSPS) is 13.5. The zero-order chi connectivity index (χ0) is 19.3. The first-order valence-corrected chi connectivity index (χ1v) is 9.16. The molecule has 5 nitrogen and oxygen atoms in total. The summed E-state index contributed by atoms with van der Waals surface area (Å²) in [7, 11) is 0. The molecular weight excluding hydrogens is 350 g/mol. The second kappa shape index (κ2) is 7.93. The standard InChI is InChI=1S/C23H19N3O2/c24-14-18-10-11-25-22(12-18)28-21-15-26(16-21)23(27)13-17-6-8-20(9-7-17)19-4-2-1-3-5-19/h1-12,21H,13,15-16H2. The van der Waals surface area contributed by atoms with Gasteiger partial charge in [0.1, 0.15) is 6.10 Å². The monoisotopic (exact) mass is 369 g/mol. The molecule has 0 saturated carbocycles. The number of rotatable bonds is 5. The number of aromatic nitrogens is 1. The zero-order valence-electron chi connectivity index (χ0n) is 15.3. The molecule has 2 heterocycles. The van der Waals surface area contributed by atoms with E-state index >= 15 is 0 Å². The summed E-state index contributed by atoms with van der Waals surface area (Å²) in [4.78, 5) is 18.3. The van der Waals surface area contributed by atoms with Crippen LogP contribution in [-0.2, 0) is 11.2 Å². The number of pyridine rings is 1. The van der Waals surface area contributed by atoms with Crippen LogP contribution in [0.2, 0.25) is 0 Å². The maximum atomic E-state index is 12.5. The lowest BCUT2D eigenvalue weighted by Crippen LogP contribution is -2.56. The summed E-state index contributed by atoms with van der Waals surface area (Å²) in [6.07, 6.45) is 1.85.